The minimum atomic E-state index is 0. The van der Waals surface area contributed by atoms with Gasteiger partial charge in [-0.2, -0.15) is 0 Å². The van der Waals surface area contributed by atoms with Gasteiger partial charge in [0.05, 0.1) is 0 Å². The summed E-state index contributed by atoms with van der Waals surface area (Å²) in [5.41, 5.74) is 1.90. The second kappa shape index (κ2) is 6.68. The number of halogens is 2. The van der Waals surface area contributed by atoms with E-state index < -0.39 is 0 Å². The first kappa shape index (κ1) is 16.1. The molecule has 0 N–H and O–H groups in total. The predicted molar refractivity (Wildman–Crippen MR) is 89.1 cm³/mol. The highest BCUT2D eigenvalue weighted by molar-refractivity contribution is 6.30. The van der Waals surface area contributed by atoms with E-state index in [1.165, 1.54) is 57.1 Å². The van der Waals surface area contributed by atoms with E-state index in [0.717, 1.165) is 11.1 Å². The van der Waals surface area contributed by atoms with Crippen molar-refractivity contribution in [2.45, 2.75) is 56.4 Å². The van der Waals surface area contributed by atoms with Crippen molar-refractivity contribution in [2.24, 2.45) is 0 Å². The van der Waals surface area contributed by atoms with Crippen LogP contribution in [0.25, 0.3) is 0 Å². The number of rotatable bonds is 4. The Hall–Kier alpha value is -0.240. The molecular formula is C17H25Cl2N. The van der Waals surface area contributed by atoms with Crippen LogP contribution in [0, 0.1) is 0 Å². The first-order valence-corrected chi connectivity index (χ1v) is 8.04. The van der Waals surface area contributed by atoms with Gasteiger partial charge in [-0.1, -0.05) is 43.0 Å². The van der Waals surface area contributed by atoms with Crippen molar-refractivity contribution in [3.63, 3.8) is 0 Å². The average Bonchev–Trinajstić information content (AvgIpc) is 2.89. The molecule has 1 aromatic rings. The predicted octanol–water partition coefficient (Wildman–Crippen LogP) is 5.06. The molecule has 0 heterocycles. The van der Waals surface area contributed by atoms with Crippen LogP contribution in [-0.4, -0.2) is 24.5 Å². The minimum Gasteiger partial charge on any atom is -0.303 e. The topological polar surface area (TPSA) is 3.24 Å². The van der Waals surface area contributed by atoms with Crippen LogP contribution in [0.3, 0.4) is 0 Å². The lowest BCUT2D eigenvalue weighted by atomic mass is 9.64. The number of hydrogen-bond acceptors (Lipinski definition) is 1. The van der Waals surface area contributed by atoms with Crippen LogP contribution < -0.4 is 0 Å². The fourth-order valence-electron chi connectivity index (χ4n) is 3.90. The lowest BCUT2D eigenvalue weighted by Crippen LogP contribution is -2.47. The van der Waals surface area contributed by atoms with Crippen LogP contribution in [0.15, 0.2) is 24.3 Å². The zero-order valence-electron chi connectivity index (χ0n) is 12.3. The smallest absolute Gasteiger partial charge is 0.0406 e. The molecule has 3 heteroatoms. The van der Waals surface area contributed by atoms with Gasteiger partial charge < -0.3 is 4.90 Å². The van der Waals surface area contributed by atoms with Crippen molar-refractivity contribution in [1.82, 2.24) is 4.90 Å². The SMILES string of the molecule is CN(CC1(c2ccc(Cl)cc2)CCC1)C1CCCC1.Cl. The molecule has 3 rings (SSSR count). The Kier molecular flexibility index (Phi) is 5.39. The van der Waals surface area contributed by atoms with Crippen LogP contribution in [-0.2, 0) is 5.41 Å². The Morgan fingerprint density at radius 2 is 1.70 bits per heavy atom. The van der Waals surface area contributed by atoms with Crippen molar-refractivity contribution < 1.29 is 0 Å². The highest BCUT2D eigenvalue weighted by Gasteiger charge is 2.40. The van der Waals surface area contributed by atoms with Crippen LogP contribution in [0.1, 0.15) is 50.5 Å². The molecule has 0 radical (unpaired) electrons. The second-order valence-electron chi connectivity index (χ2n) is 6.49. The van der Waals surface area contributed by atoms with Gasteiger partial charge in [0.25, 0.3) is 0 Å². The third kappa shape index (κ3) is 3.16. The van der Waals surface area contributed by atoms with Gasteiger partial charge in [-0.05, 0) is 50.4 Å². The summed E-state index contributed by atoms with van der Waals surface area (Å²) in [5, 5.41) is 0.849. The summed E-state index contributed by atoms with van der Waals surface area (Å²) >= 11 is 6.02. The van der Waals surface area contributed by atoms with Gasteiger partial charge in [0.15, 0.2) is 0 Å². The molecule has 0 amide bonds. The van der Waals surface area contributed by atoms with Crippen LogP contribution in [0.2, 0.25) is 5.02 Å². The Morgan fingerprint density at radius 1 is 1.10 bits per heavy atom. The van der Waals surface area contributed by atoms with Crippen molar-refractivity contribution >= 4 is 24.0 Å². The Morgan fingerprint density at radius 3 is 2.20 bits per heavy atom. The standard InChI is InChI=1S/C17H24ClN.ClH/c1-19(16-5-2-3-6-16)13-17(11-4-12-17)14-7-9-15(18)10-8-14;/h7-10,16H,2-6,11-13H2,1H3;1H. The van der Waals surface area contributed by atoms with E-state index in [9.17, 15) is 0 Å². The maximum absolute atomic E-state index is 6.02. The van der Waals surface area contributed by atoms with Crippen LogP contribution >= 0.6 is 24.0 Å². The molecule has 2 saturated carbocycles. The van der Waals surface area contributed by atoms with Gasteiger partial charge >= 0.3 is 0 Å². The van der Waals surface area contributed by atoms with E-state index in [1.807, 2.05) is 12.1 Å². The van der Waals surface area contributed by atoms with Gasteiger partial charge in [-0.15, -0.1) is 12.4 Å². The molecule has 1 aromatic carbocycles. The van der Waals surface area contributed by atoms with Gasteiger partial charge in [-0.3, -0.25) is 0 Å². The first-order chi connectivity index (χ1) is 9.20. The van der Waals surface area contributed by atoms with Gasteiger partial charge in [-0.25, -0.2) is 0 Å². The number of benzene rings is 1. The molecule has 0 unspecified atom stereocenters. The van der Waals surface area contributed by atoms with Gasteiger partial charge in [0.1, 0.15) is 0 Å². The molecular weight excluding hydrogens is 289 g/mol. The normalized spacial score (nSPS) is 21.6. The van der Waals surface area contributed by atoms with Crippen LogP contribution in [0.4, 0.5) is 0 Å². The lowest BCUT2D eigenvalue weighted by molar-refractivity contribution is 0.128. The number of likely N-dealkylation sites (N-methyl/N-ethyl adjacent to an activating group) is 1. The van der Waals surface area contributed by atoms with E-state index in [0.29, 0.717) is 5.41 Å². The molecule has 0 bridgehead atoms. The molecule has 1 nitrogen and oxygen atoms in total. The summed E-state index contributed by atoms with van der Waals surface area (Å²) in [4.78, 5) is 2.63. The highest BCUT2D eigenvalue weighted by atomic mass is 35.5. The van der Waals surface area contributed by atoms with Gasteiger partial charge in [0, 0.05) is 23.0 Å². The molecule has 0 aromatic heterocycles. The van der Waals surface area contributed by atoms with Crippen molar-refractivity contribution in [2.75, 3.05) is 13.6 Å². The minimum absolute atomic E-state index is 0. The molecule has 2 aliphatic rings. The Labute approximate surface area is 134 Å². The molecule has 0 atom stereocenters. The summed E-state index contributed by atoms with van der Waals surface area (Å²) in [5.74, 6) is 0. The van der Waals surface area contributed by atoms with E-state index in [2.05, 4.69) is 24.1 Å². The number of nitrogens with zero attached hydrogens (tertiary/aromatic N) is 1. The molecule has 0 spiro atoms. The summed E-state index contributed by atoms with van der Waals surface area (Å²) in [6, 6.07) is 9.40. The van der Waals surface area contributed by atoms with E-state index in [1.54, 1.807) is 0 Å². The summed E-state index contributed by atoms with van der Waals surface area (Å²) in [6.07, 6.45) is 9.69. The zero-order chi connectivity index (χ0) is 13.3. The fraction of sp³-hybridized carbons (Fsp3) is 0.647. The lowest BCUT2D eigenvalue weighted by Gasteiger charge is -2.46. The Balaban J connectivity index is 0.00000147. The van der Waals surface area contributed by atoms with E-state index in [4.69, 9.17) is 11.6 Å². The first-order valence-electron chi connectivity index (χ1n) is 7.66. The molecule has 0 aliphatic heterocycles. The van der Waals surface area contributed by atoms with Crippen molar-refractivity contribution in [3.8, 4) is 0 Å². The largest absolute Gasteiger partial charge is 0.303 e. The van der Waals surface area contributed by atoms with Gasteiger partial charge in [0.2, 0.25) is 0 Å². The van der Waals surface area contributed by atoms with E-state index >= 15 is 0 Å². The van der Waals surface area contributed by atoms with Crippen LogP contribution in [0.5, 0.6) is 0 Å². The fourth-order valence-corrected chi connectivity index (χ4v) is 4.02. The third-order valence-corrected chi connectivity index (χ3v) is 5.52. The van der Waals surface area contributed by atoms with Crippen molar-refractivity contribution in [1.29, 1.82) is 0 Å². The molecule has 2 aliphatic carbocycles. The van der Waals surface area contributed by atoms with Crippen molar-refractivity contribution in [3.05, 3.63) is 34.9 Å². The molecule has 2 fully saturated rings. The average molecular weight is 314 g/mol. The zero-order valence-corrected chi connectivity index (χ0v) is 13.8. The monoisotopic (exact) mass is 313 g/mol. The maximum atomic E-state index is 6.02. The molecule has 112 valence electrons. The second-order valence-corrected chi connectivity index (χ2v) is 6.93. The number of hydrogen-bond donors (Lipinski definition) is 0. The quantitative estimate of drug-likeness (QED) is 0.751. The summed E-state index contributed by atoms with van der Waals surface area (Å²) < 4.78 is 0. The maximum Gasteiger partial charge on any atom is 0.0406 e. The Bertz CT molecular complexity index is 419. The summed E-state index contributed by atoms with van der Waals surface area (Å²) in [7, 11) is 2.33. The molecule has 0 saturated heterocycles. The summed E-state index contributed by atoms with van der Waals surface area (Å²) in [6.45, 7) is 1.22. The molecule has 20 heavy (non-hydrogen) atoms. The highest BCUT2D eigenvalue weighted by Crippen LogP contribution is 2.45. The third-order valence-electron chi connectivity index (χ3n) is 5.27. The van der Waals surface area contributed by atoms with E-state index in [-0.39, 0.29) is 12.4 Å².